The van der Waals surface area contributed by atoms with Crippen molar-refractivity contribution in [2.75, 3.05) is 46.2 Å². The van der Waals surface area contributed by atoms with Gasteiger partial charge < -0.3 is 28.3 Å². The molecule has 1 aromatic heterocycles. The lowest BCUT2D eigenvalue weighted by Gasteiger charge is -2.28. The van der Waals surface area contributed by atoms with Crippen molar-refractivity contribution in [1.82, 2.24) is 4.57 Å². The van der Waals surface area contributed by atoms with Crippen molar-refractivity contribution in [3.05, 3.63) is 45.6 Å². The number of hydrogen-bond donors (Lipinski definition) is 0. The van der Waals surface area contributed by atoms with Crippen LogP contribution in [-0.2, 0) is 27.2 Å². The molecule has 2 atom stereocenters. The minimum atomic E-state index is -0.110. The summed E-state index contributed by atoms with van der Waals surface area (Å²) < 4.78 is 30.9. The lowest BCUT2D eigenvalue weighted by Crippen LogP contribution is -2.34. The fourth-order valence-electron chi connectivity index (χ4n) is 4.71. The molecule has 5 rings (SSSR count). The van der Waals surface area contributed by atoms with Gasteiger partial charge in [0.1, 0.15) is 18.5 Å². The molecule has 1 aromatic carbocycles. The maximum absolute atomic E-state index is 12.7. The number of fused-ring (bicyclic) bond motifs is 3. The van der Waals surface area contributed by atoms with Crippen molar-refractivity contribution in [2.24, 2.45) is 5.92 Å². The maximum atomic E-state index is 12.7. The number of hydrogen-bond acceptors (Lipinski definition) is 6. The largest absolute Gasteiger partial charge is 0.493 e. The summed E-state index contributed by atoms with van der Waals surface area (Å²) in [6, 6.07) is 7.79. The zero-order chi connectivity index (χ0) is 21.9. The number of pyridine rings is 1. The van der Waals surface area contributed by atoms with Crippen LogP contribution in [0.1, 0.15) is 24.0 Å². The first-order valence-corrected chi connectivity index (χ1v) is 11.6. The second-order valence-corrected chi connectivity index (χ2v) is 8.81. The van der Waals surface area contributed by atoms with E-state index in [1.165, 1.54) is 5.56 Å². The van der Waals surface area contributed by atoms with Gasteiger partial charge in [-0.3, -0.25) is 4.79 Å². The Labute approximate surface area is 188 Å². The summed E-state index contributed by atoms with van der Waals surface area (Å²) in [4.78, 5) is 12.7. The summed E-state index contributed by atoms with van der Waals surface area (Å²) in [5.74, 6) is 1.93. The van der Waals surface area contributed by atoms with Crippen LogP contribution in [0.2, 0.25) is 0 Å². The molecule has 0 radical (unpaired) electrons. The highest BCUT2D eigenvalue weighted by molar-refractivity contribution is 5.70. The van der Waals surface area contributed by atoms with Crippen LogP contribution in [0.5, 0.6) is 11.6 Å². The molecule has 1 unspecified atom stereocenters. The molecule has 32 heavy (non-hydrogen) atoms. The number of ether oxygens (including phenoxy) is 5. The minimum absolute atomic E-state index is 0.0162. The van der Waals surface area contributed by atoms with Crippen molar-refractivity contribution in [3.63, 3.8) is 0 Å². The zero-order valence-electron chi connectivity index (χ0n) is 18.6. The molecule has 7 nitrogen and oxygen atoms in total. The van der Waals surface area contributed by atoms with Crippen LogP contribution in [0, 0.1) is 12.8 Å². The van der Waals surface area contributed by atoms with E-state index in [4.69, 9.17) is 23.7 Å². The van der Waals surface area contributed by atoms with Crippen molar-refractivity contribution in [1.29, 1.82) is 0 Å². The normalized spacial score (nSPS) is 22.7. The van der Waals surface area contributed by atoms with Gasteiger partial charge in [-0.2, -0.15) is 0 Å². The van der Waals surface area contributed by atoms with Gasteiger partial charge in [0, 0.05) is 36.3 Å². The molecule has 7 heteroatoms. The van der Waals surface area contributed by atoms with E-state index in [0.29, 0.717) is 44.8 Å². The molecule has 3 aliphatic rings. The molecule has 3 aliphatic heterocycles. The Morgan fingerprint density at radius 3 is 2.78 bits per heavy atom. The number of aryl methyl sites for hydroxylation is 1. The average Bonchev–Trinajstić information content (AvgIpc) is 2.84. The number of rotatable bonds is 6. The van der Waals surface area contributed by atoms with Crippen LogP contribution < -0.4 is 14.9 Å². The van der Waals surface area contributed by atoms with E-state index in [0.717, 1.165) is 61.6 Å². The van der Waals surface area contributed by atoms with Gasteiger partial charge in [-0.25, -0.2) is 0 Å². The predicted molar refractivity (Wildman–Crippen MR) is 120 cm³/mol. The summed E-state index contributed by atoms with van der Waals surface area (Å²) >= 11 is 0. The molecule has 0 saturated carbocycles. The Balaban J connectivity index is 1.36. The Kier molecular flexibility index (Phi) is 6.48. The van der Waals surface area contributed by atoms with E-state index < -0.39 is 0 Å². The Hall–Kier alpha value is -2.35. The van der Waals surface area contributed by atoms with Crippen molar-refractivity contribution >= 4 is 0 Å². The van der Waals surface area contributed by atoms with Crippen molar-refractivity contribution in [3.8, 4) is 22.9 Å². The number of benzene rings is 1. The molecule has 2 fully saturated rings. The first-order chi connectivity index (χ1) is 15.7. The first kappa shape index (κ1) is 21.5. The van der Waals surface area contributed by atoms with E-state index in [1.807, 2.05) is 13.0 Å². The smallest absolute Gasteiger partial charge is 0.197 e. The number of nitrogens with zero attached hydrogens (tertiary/aromatic N) is 1. The summed E-state index contributed by atoms with van der Waals surface area (Å²) in [5, 5.41) is 0. The van der Waals surface area contributed by atoms with Crippen molar-refractivity contribution in [2.45, 2.75) is 38.8 Å². The zero-order valence-corrected chi connectivity index (χ0v) is 18.6. The van der Waals surface area contributed by atoms with Crippen LogP contribution in [-0.4, -0.2) is 56.9 Å². The van der Waals surface area contributed by atoms with Crippen LogP contribution in [0.15, 0.2) is 29.1 Å². The van der Waals surface area contributed by atoms with Gasteiger partial charge in [0.15, 0.2) is 11.3 Å². The van der Waals surface area contributed by atoms with E-state index in [1.54, 1.807) is 6.07 Å². The second kappa shape index (κ2) is 9.65. The topological polar surface area (TPSA) is 68.2 Å². The van der Waals surface area contributed by atoms with E-state index >= 15 is 0 Å². The van der Waals surface area contributed by atoms with Gasteiger partial charge in [-0.15, -0.1) is 0 Å². The van der Waals surface area contributed by atoms with Crippen LogP contribution in [0.3, 0.4) is 0 Å². The molecule has 0 spiro atoms. The number of aromatic nitrogens is 1. The van der Waals surface area contributed by atoms with E-state index in [9.17, 15) is 4.79 Å². The summed E-state index contributed by atoms with van der Waals surface area (Å²) in [6.07, 6.45) is 3.00. The van der Waals surface area contributed by atoms with Crippen molar-refractivity contribution < 1.29 is 23.7 Å². The molecule has 2 aromatic rings. The third-order valence-electron chi connectivity index (χ3n) is 6.49. The Morgan fingerprint density at radius 2 is 1.97 bits per heavy atom. The summed E-state index contributed by atoms with van der Waals surface area (Å²) in [5.41, 5.74) is 3.93. The molecular formula is C25H31NO6. The van der Waals surface area contributed by atoms with Gasteiger partial charge in [0.25, 0.3) is 0 Å². The highest BCUT2D eigenvalue weighted by atomic mass is 16.6. The second-order valence-electron chi connectivity index (χ2n) is 8.81. The molecule has 0 amide bonds. The van der Waals surface area contributed by atoms with Crippen LogP contribution in [0.25, 0.3) is 11.3 Å². The highest BCUT2D eigenvalue weighted by Gasteiger charge is 2.24. The molecule has 0 bridgehead atoms. The van der Waals surface area contributed by atoms with Crippen LogP contribution in [0.4, 0.5) is 0 Å². The minimum Gasteiger partial charge on any atom is -0.493 e. The van der Waals surface area contributed by atoms with E-state index in [2.05, 4.69) is 16.7 Å². The highest BCUT2D eigenvalue weighted by Crippen LogP contribution is 2.36. The summed E-state index contributed by atoms with van der Waals surface area (Å²) in [6.45, 7) is 7.03. The van der Waals surface area contributed by atoms with Crippen LogP contribution >= 0.6 is 0 Å². The monoisotopic (exact) mass is 441 g/mol. The Morgan fingerprint density at radius 1 is 1.06 bits per heavy atom. The average molecular weight is 442 g/mol. The van der Waals surface area contributed by atoms with Gasteiger partial charge in [-0.1, -0.05) is 0 Å². The fourth-order valence-corrected chi connectivity index (χ4v) is 4.71. The molecule has 0 N–H and O–H groups in total. The van der Waals surface area contributed by atoms with E-state index in [-0.39, 0.29) is 11.5 Å². The summed E-state index contributed by atoms with van der Waals surface area (Å²) in [7, 11) is 0. The lowest BCUT2D eigenvalue weighted by molar-refractivity contribution is -0.102. The molecule has 2 saturated heterocycles. The lowest BCUT2D eigenvalue weighted by atomic mass is 9.94. The SMILES string of the molecule is Cc1c2n(c(OC[C@@H]3COCCO3)cc1=O)CCc1cc(OCC3CCCOC3)ccc1-2. The third kappa shape index (κ3) is 4.56. The third-order valence-corrected chi connectivity index (χ3v) is 6.49. The maximum Gasteiger partial charge on any atom is 0.197 e. The quantitative estimate of drug-likeness (QED) is 0.687. The molecule has 4 heterocycles. The van der Waals surface area contributed by atoms with Gasteiger partial charge in [-0.05, 0) is 49.9 Å². The molecule has 0 aliphatic carbocycles. The standard InChI is InChI=1S/C25H31NO6/c1-17-23(27)12-24(32-16-21-15-29-9-10-30-21)26-7-6-19-11-20(4-5-22(19)25(17)26)31-14-18-3-2-8-28-13-18/h4-5,11-12,18,21H,2-3,6-10,13-16H2,1H3/t18?,21-/m0/s1. The first-order valence-electron chi connectivity index (χ1n) is 11.6. The molecule has 172 valence electrons. The van der Waals surface area contributed by atoms with Gasteiger partial charge in [0.05, 0.1) is 38.7 Å². The van der Waals surface area contributed by atoms with Gasteiger partial charge in [0.2, 0.25) is 0 Å². The Bertz CT molecular complexity index is 1000. The van der Waals surface area contributed by atoms with Gasteiger partial charge >= 0.3 is 0 Å². The fraction of sp³-hybridized carbons (Fsp3) is 0.560. The predicted octanol–water partition coefficient (Wildman–Crippen LogP) is 2.98. The molecular weight excluding hydrogens is 410 g/mol.